The zero-order valence-corrected chi connectivity index (χ0v) is 13.1. The second kappa shape index (κ2) is 6.79. The maximum atomic E-state index is 12.5. The van der Waals surface area contributed by atoms with Gasteiger partial charge in [-0.2, -0.15) is 0 Å². The first kappa shape index (κ1) is 15.5. The minimum absolute atomic E-state index is 0.209. The van der Waals surface area contributed by atoms with Crippen molar-refractivity contribution >= 4 is 11.6 Å². The van der Waals surface area contributed by atoms with E-state index in [1.807, 2.05) is 31.2 Å². The lowest BCUT2D eigenvalue weighted by Crippen LogP contribution is -2.31. The van der Waals surface area contributed by atoms with Gasteiger partial charge in [0.1, 0.15) is 11.8 Å². The van der Waals surface area contributed by atoms with Crippen molar-refractivity contribution in [2.24, 2.45) is 0 Å². The number of nitrogens with zero attached hydrogens (tertiary/aromatic N) is 1. The van der Waals surface area contributed by atoms with Gasteiger partial charge in [0, 0.05) is 12.8 Å². The Bertz CT molecular complexity index is 744. The van der Waals surface area contributed by atoms with Crippen LogP contribution < -0.4 is 10.9 Å². The van der Waals surface area contributed by atoms with E-state index in [0.717, 1.165) is 12.0 Å². The molecule has 1 aromatic carbocycles. The van der Waals surface area contributed by atoms with Crippen LogP contribution in [0, 0.1) is 6.92 Å². The van der Waals surface area contributed by atoms with Gasteiger partial charge in [-0.15, -0.1) is 0 Å². The number of hydrogen-bond acceptors (Lipinski definition) is 3. The summed E-state index contributed by atoms with van der Waals surface area (Å²) in [6.45, 7) is 3.10. The van der Waals surface area contributed by atoms with Crippen LogP contribution in [0.2, 0.25) is 0 Å². The first-order valence-corrected chi connectivity index (χ1v) is 7.81. The maximum absolute atomic E-state index is 12.5. The first-order valence-electron chi connectivity index (χ1n) is 7.81. The molecule has 120 valence electrons. The van der Waals surface area contributed by atoms with Gasteiger partial charge in [0.15, 0.2) is 0 Å². The van der Waals surface area contributed by atoms with Crippen LogP contribution in [0.4, 0.5) is 5.69 Å². The van der Waals surface area contributed by atoms with Crippen molar-refractivity contribution in [1.29, 1.82) is 0 Å². The van der Waals surface area contributed by atoms with Gasteiger partial charge in [-0.1, -0.05) is 29.8 Å². The van der Waals surface area contributed by atoms with Crippen molar-refractivity contribution in [1.82, 2.24) is 4.57 Å². The molecule has 5 heteroatoms. The second-order valence-electron chi connectivity index (χ2n) is 5.83. The van der Waals surface area contributed by atoms with E-state index < -0.39 is 6.10 Å². The number of ether oxygens (including phenoxy) is 1. The molecule has 2 aromatic rings. The summed E-state index contributed by atoms with van der Waals surface area (Å²) >= 11 is 0. The van der Waals surface area contributed by atoms with Gasteiger partial charge in [-0.3, -0.25) is 9.59 Å². The average Bonchev–Trinajstić information content (AvgIpc) is 3.08. The van der Waals surface area contributed by atoms with E-state index in [-0.39, 0.29) is 11.5 Å². The zero-order valence-electron chi connectivity index (χ0n) is 13.1. The minimum Gasteiger partial charge on any atom is -0.368 e. The molecular weight excluding hydrogens is 292 g/mol. The Labute approximate surface area is 134 Å². The Morgan fingerprint density at radius 2 is 2.09 bits per heavy atom. The molecular formula is C18H20N2O3. The van der Waals surface area contributed by atoms with Crippen LogP contribution in [0.3, 0.4) is 0 Å². The molecule has 3 rings (SSSR count). The van der Waals surface area contributed by atoms with Gasteiger partial charge in [-0.25, -0.2) is 0 Å². The summed E-state index contributed by atoms with van der Waals surface area (Å²) in [4.78, 5) is 24.6. The molecule has 1 aliphatic heterocycles. The van der Waals surface area contributed by atoms with E-state index >= 15 is 0 Å². The van der Waals surface area contributed by atoms with Crippen molar-refractivity contribution in [3.05, 3.63) is 64.1 Å². The Balaban J connectivity index is 1.76. The number of aryl methyl sites for hydroxylation is 1. The number of carbonyl (C=O) groups excluding carboxylic acids is 1. The van der Waals surface area contributed by atoms with Crippen molar-refractivity contribution in [3.63, 3.8) is 0 Å². The molecule has 23 heavy (non-hydrogen) atoms. The van der Waals surface area contributed by atoms with E-state index in [9.17, 15) is 9.59 Å². The fraction of sp³-hybridized carbons (Fsp3) is 0.333. The quantitative estimate of drug-likeness (QED) is 0.942. The molecule has 1 N–H and O–H groups in total. The van der Waals surface area contributed by atoms with Crippen molar-refractivity contribution in [3.8, 4) is 0 Å². The molecule has 1 saturated heterocycles. The van der Waals surface area contributed by atoms with Crippen LogP contribution in [-0.4, -0.2) is 23.2 Å². The van der Waals surface area contributed by atoms with Crippen LogP contribution in [0.25, 0.3) is 0 Å². The lowest BCUT2D eigenvalue weighted by atomic mass is 10.1. The highest BCUT2D eigenvalue weighted by atomic mass is 16.5. The molecule has 1 amide bonds. The van der Waals surface area contributed by atoms with Gasteiger partial charge in [0.25, 0.3) is 11.5 Å². The maximum Gasteiger partial charge on any atom is 0.274 e. The number of rotatable bonds is 4. The summed E-state index contributed by atoms with van der Waals surface area (Å²) < 4.78 is 6.94. The number of aromatic nitrogens is 1. The summed E-state index contributed by atoms with van der Waals surface area (Å²) in [5.74, 6) is -0.243. The Kier molecular flexibility index (Phi) is 4.57. The number of pyridine rings is 1. The average molecular weight is 312 g/mol. The van der Waals surface area contributed by atoms with E-state index in [4.69, 9.17) is 4.74 Å². The van der Waals surface area contributed by atoms with Crippen molar-refractivity contribution < 1.29 is 9.53 Å². The normalized spacial score (nSPS) is 17.2. The molecule has 0 spiro atoms. The molecule has 1 aliphatic rings. The molecule has 0 bridgehead atoms. The molecule has 1 aromatic heterocycles. The number of hydrogen-bond donors (Lipinski definition) is 1. The minimum atomic E-state index is -0.444. The van der Waals surface area contributed by atoms with Gasteiger partial charge >= 0.3 is 0 Å². The summed E-state index contributed by atoms with van der Waals surface area (Å²) in [6.07, 6.45) is 2.87. The SMILES string of the molecule is Cc1ccc(Cn2cccc(NC(=O)C3CCCO3)c2=O)cc1. The molecule has 0 radical (unpaired) electrons. The lowest BCUT2D eigenvalue weighted by molar-refractivity contribution is -0.124. The van der Waals surface area contributed by atoms with E-state index in [1.165, 1.54) is 5.56 Å². The van der Waals surface area contributed by atoms with Gasteiger partial charge in [0.05, 0.1) is 6.54 Å². The number of anilines is 1. The lowest BCUT2D eigenvalue weighted by Gasteiger charge is -2.12. The van der Waals surface area contributed by atoms with Crippen LogP contribution in [0.1, 0.15) is 24.0 Å². The number of amides is 1. The zero-order chi connectivity index (χ0) is 16.2. The Hall–Kier alpha value is -2.40. The highest BCUT2D eigenvalue weighted by Gasteiger charge is 2.24. The summed E-state index contributed by atoms with van der Waals surface area (Å²) in [6, 6.07) is 11.4. The van der Waals surface area contributed by atoms with Gasteiger partial charge < -0.3 is 14.6 Å². The summed E-state index contributed by atoms with van der Waals surface area (Å²) in [5.41, 5.74) is 2.30. The van der Waals surface area contributed by atoms with E-state index in [1.54, 1.807) is 22.9 Å². The standard InChI is InChI=1S/C18H20N2O3/c1-13-6-8-14(9-7-13)12-20-10-2-4-15(18(20)22)19-17(21)16-5-3-11-23-16/h2,4,6-10,16H,3,5,11-12H2,1H3,(H,19,21). The highest BCUT2D eigenvalue weighted by molar-refractivity contribution is 5.94. The van der Waals surface area contributed by atoms with Crippen molar-refractivity contribution in [2.45, 2.75) is 32.4 Å². The van der Waals surface area contributed by atoms with Crippen LogP contribution >= 0.6 is 0 Å². The van der Waals surface area contributed by atoms with E-state index in [2.05, 4.69) is 5.32 Å². The molecule has 0 saturated carbocycles. The molecule has 2 heterocycles. The predicted molar refractivity (Wildman–Crippen MR) is 88.6 cm³/mol. The molecule has 1 atom stereocenters. The largest absolute Gasteiger partial charge is 0.368 e. The molecule has 1 fully saturated rings. The fourth-order valence-electron chi connectivity index (χ4n) is 2.64. The first-order chi connectivity index (χ1) is 11.1. The number of carbonyl (C=O) groups is 1. The third-order valence-corrected chi connectivity index (χ3v) is 3.97. The third kappa shape index (κ3) is 3.68. The Morgan fingerprint density at radius 3 is 2.78 bits per heavy atom. The topological polar surface area (TPSA) is 60.3 Å². The monoisotopic (exact) mass is 312 g/mol. The molecule has 0 aliphatic carbocycles. The number of nitrogens with one attached hydrogen (secondary N) is 1. The van der Waals surface area contributed by atoms with E-state index in [0.29, 0.717) is 25.3 Å². The van der Waals surface area contributed by atoms with Crippen LogP contribution in [0.5, 0.6) is 0 Å². The highest BCUT2D eigenvalue weighted by Crippen LogP contribution is 2.14. The van der Waals surface area contributed by atoms with Crippen LogP contribution in [0.15, 0.2) is 47.4 Å². The second-order valence-corrected chi connectivity index (χ2v) is 5.83. The smallest absolute Gasteiger partial charge is 0.274 e. The van der Waals surface area contributed by atoms with Gasteiger partial charge in [-0.05, 0) is 37.5 Å². The number of benzene rings is 1. The predicted octanol–water partition coefficient (Wildman–Crippen LogP) is 2.32. The third-order valence-electron chi connectivity index (χ3n) is 3.97. The fourth-order valence-corrected chi connectivity index (χ4v) is 2.64. The van der Waals surface area contributed by atoms with Crippen LogP contribution in [-0.2, 0) is 16.1 Å². The Morgan fingerprint density at radius 1 is 1.30 bits per heavy atom. The summed E-state index contributed by atoms with van der Waals surface area (Å²) in [5, 5.41) is 2.69. The molecule has 1 unspecified atom stereocenters. The summed E-state index contributed by atoms with van der Waals surface area (Å²) in [7, 11) is 0. The van der Waals surface area contributed by atoms with Crippen molar-refractivity contribution in [2.75, 3.05) is 11.9 Å². The molecule has 5 nitrogen and oxygen atoms in total. The van der Waals surface area contributed by atoms with Gasteiger partial charge in [0.2, 0.25) is 0 Å².